The highest BCUT2D eigenvalue weighted by atomic mass is 19.1. The molecular weight excluding hydrogens is 324 g/mol. The Morgan fingerprint density at radius 2 is 2.00 bits per heavy atom. The van der Waals surface area contributed by atoms with Gasteiger partial charge in [-0.2, -0.15) is 0 Å². The molecule has 0 radical (unpaired) electrons. The van der Waals surface area contributed by atoms with Gasteiger partial charge in [-0.25, -0.2) is 8.78 Å². The number of carbonyl (C=O) groups is 1. The molecule has 0 aliphatic heterocycles. The van der Waals surface area contributed by atoms with Gasteiger partial charge in [-0.3, -0.25) is 14.9 Å². The van der Waals surface area contributed by atoms with Crippen LogP contribution in [-0.2, 0) is 0 Å². The number of hydrogen-bond donors (Lipinski definition) is 1. The molecule has 8 heteroatoms. The molecule has 1 N–H and O–H groups in total. The number of nitro benzene ring substituents is 1. The second-order valence-electron chi connectivity index (χ2n) is 4.67. The molecule has 0 spiro atoms. The van der Waals surface area contributed by atoms with Crippen LogP contribution in [0.25, 0.3) is 6.08 Å². The predicted molar refractivity (Wildman–Crippen MR) is 81.0 cm³/mol. The van der Waals surface area contributed by atoms with E-state index < -0.39 is 33.8 Å². The van der Waals surface area contributed by atoms with E-state index in [9.17, 15) is 28.8 Å². The molecule has 0 atom stereocenters. The first-order valence-corrected chi connectivity index (χ1v) is 6.56. The van der Waals surface area contributed by atoms with Gasteiger partial charge >= 0.3 is 5.69 Å². The van der Waals surface area contributed by atoms with Gasteiger partial charge in [0.2, 0.25) is 5.75 Å². The summed E-state index contributed by atoms with van der Waals surface area (Å²) in [5.41, 5.74) is -0.755. The molecule has 2 rings (SSSR count). The lowest BCUT2D eigenvalue weighted by molar-refractivity contribution is -0.386. The van der Waals surface area contributed by atoms with Gasteiger partial charge < -0.3 is 9.84 Å². The van der Waals surface area contributed by atoms with Gasteiger partial charge in [-0.15, -0.1) is 0 Å². The van der Waals surface area contributed by atoms with Crippen LogP contribution in [0.2, 0.25) is 0 Å². The average Bonchev–Trinajstić information content (AvgIpc) is 2.53. The zero-order valence-corrected chi connectivity index (χ0v) is 12.3. The molecule has 0 saturated carbocycles. The lowest BCUT2D eigenvalue weighted by Crippen LogP contribution is -1.99. The van der Waals surface area contributed by atoms with Crippen LogP contribution < -0.4 is 4.74 Å². The summed E-state index contributed by atoms with van der Waals surface area (Å²) in [7, 11) is 1.21. The highest BCUT2D eigenvalue weighted by Crippen LogP contribution is 2.37. The Morgan fingerprint density at radius 3 is 2.58 bits per heavy atom. The number of hydrogen-bond acceptors (Lipinski definition) is 5. The molecule has 0 aliphatic rings. The lowest BCUT2D eigenvalue weighted by atomic mass is 10.1. The minimum atomic E-state index is -1.01. The Bertz CT molecular complexity index is 849. The summed E-state index contributed by atoms with van der Waals surface area (Å²) in [6.45, 7) is 0. The van der Waals surface area contributed by atoms with Crippen molar-refractivity contribution in [3.05, 3.63) is 69.3 Å². The van der Waals surface area contributed by atoms with Crippen molar-refractivity contribution >= 4 is 17.5 Å². The van der Waals surface area contributed by atoms with Crippen LogP contribution >= 0.6 is 0 Å². The van der Waals surface area contributed by atoms with Gasteiger partial charge in [0.15, 0.2) is 11.5 Å². The smallest absolute Gasteiger partial charge is 0.315 e. The molecule has 0 saturated heterocycles. The van der Waals surface area contributed by atoms with Crippen molar-refractivity contribution in [1.29, 1.82) is 0 Å². The number of allylic oxidation sites excluding steroid dienone is 1. The number of ether oxygens (including phenoxy) is 1. The number of phenolic OH excluding ortho intramolecular Hbond substituents is 1. The molecule has 2 aromatic carbocycles. The van der Waals surface area contributed by atoms with Crippen molar-refractivity contribution in [1.82, 2.24) is 0 Å². The minimum Gasteiger partial charge on any atom is -0.500 e. The summed E-state index contributed by atoms with van der Waals surface area (Å²) in [6.07, 6.45) is 2.17. The van der Waals surface area contributed by atoms with Crippen LogP contribution in [0.5, 0.6) is 11.5 Å². The van der Waals surface area contributed by atoms with Crippen molar-refractivity contribution < 1.29 is 28.3 Å². The first-order valence-electron chi connectivity index (χ1n) is 6.56. The van der Waals surface area contributed by atoms with E-state index in [2.05, 4.69) is 0 Å². The Balaban J connectivity index is 2.36. The van der Waals surface area contributed by atoms with E-state index in [1.165, 1.54) is 19.3 Å². The van der Waals surface area contributed by atoms with Crippen molar-refractivity contribution in [2.75, 3.05) is 7.11 Å². The van der Waals surface area contributed by atoms with Gasteiger partial charge in [0.05, 0.1) is 17.6 Å². The third kappa shape index (κ3) is 3.54. The third-order valence-electron chi connectivity index (χ3n) is 3.12. The van der Waals surface area contributed by atoms with Crippen molar-refractivity contribution in [2.45, 2.75) is 0 Å². The first kappa shape index (κ1) is 17.1. The molecular formula is C16H11F2NO5. The van der Waals surface area contributed by atoms with E-state index in [-0.39, 0.29) is 16.9 Å². The Labute approximate surface area is 134 Å². The van der Waals surface area contributed by atoms with E-state index in [1.807, 2.05) is 0 Å². The Morgan fingerprint density at radius 1 is 1.29 bits per heavy atom. The van der Waals surface area contributed by atoms with Gasteiger partial charge in [0.25, 0.3) is 0 Å². The predicted octanol–water partition coefficient (Wildman–Crippen LogP) is 3.48. The average molecular weight is 335 g/mol. The maximum absolute atomic E-state index is 13.5. The number of halogens is 2. The molecule has 0 amide bonds. The van der Waals surface area contributed by atoms with E-state index in [1.54, 1.807) is 0 Å². The monoisotopic (exact) mass is 335 g/mol. The zero-order valence-electron chi connectivity index (χ0n) is 12.3. The second kappa shape index (κ2) is 6.86. The number of nitro groups is 1. The van der Waals surface area contributed by atoms with Gasteiger partial charge in [0.1, 0.15) is 11.6 Å². The van der Waals surface area contributed by atoms with Crippen LogP contribution in [-0.4, -0.2) is 22.9 Å². The molecule has 0 aromatic heterocycles. The zero-order chi connectivity index (χ0) is 17.9. The summed E-state index contributed by atoms with van der Waals surface area (Å²) in [5.74, 6) is -3.37. The normalized spacial score (nSPS) is 10.8. The number of ketones is 1. The maximum atomic E-state index is 13.5. The Kier molecular flexibility index (Phi) is 4.88. The molecule has 0 unspecified atom stereocenters. The summed E-state index contributed by atoms with van der Waals surface area (Å²) < 4.78 is 31.2. The third-order valence-corrected chi connectivity index (χ3v) is 3.12. The van der Waals surface area contributed by atoms with Crippen molar-refractivity contribution in [3.63, 3.8) is 0 Å². The Hall–Kier alpha value is -3.29. The largest absolute Gasteiger partial charge is 0.500 e. The van der Waals surface area contributed by atoms with Crippen LogP contribution in [0.3, 0.4) is 0 Å². The first-order chi connectivity index (χ1) is 11.3. The molecule has 0 heterocycles. The second-order valence-corrected chi connectivity index (χ2v) is 4.67. The van der Waals surface area contributed by atoms with E-state index in [0.29, 0.717) is 6.07 Å². The summed E-state index contributed by atoms with van der Waals surface area (Å²) >= 11 is 0. The number of phenols is 1. The molecule has 24 heavy (non-hydrogen) atoms. The number of methoxy groups -OCH3 is 1. The van der Waals surface area contributed by atoms with Gasteiger partial charge in [-0.05, 0) is 29.8 Å². The number of nitrogens with zero attached hydrogens (tertiary/aromatic N) is 1. The molecule has 124 valence electrons. The summed E-state index contributed by atoms with van der Waals surface area (Å²) in [4.78, 5) is 22.0. The summed E-state index contributed by atoms with van der Waals surface area (Å²) in [5, 5.41) is 20.6. The fourth-order valence-corrected chi connectivity index (χ4v) is 1.96. The molecule has 0 aliphatic carbocycles. The van der Waals surface area contributed by atoms with Crippen LogP contribution in [0.15, 0.2) is 36.4 Å². The van der Waals surface area contributed by atoms with E-state index in [0.717, 1.165) is 24.3 Å². The topological polar surface area (TPSA) is 89.7 Å². The van der Waals surface area contributed by atoms with Gasteiger partial charge in [0, 0.05) is 12.1 Å². The molecule has 2 aromatic rings. The fourth-order valence-electron chi connectivity index (χ4n) is 1.96. The van der Waals surface area contributed by atoms with Crippen LogP contribution in [0.1, 0.15) is 15.9 Å². The van der Waals surface area contributed by atoms with E-state index in [4.69, 9.17) is 4.74 Å². The van der Waals surface area contributed by atoms with Crippen molar-refractivity contribution in [2.24, 2.45) is 0 Å². The van der Waals surface area contributed by atoms with Gasteiger partial charge in [-0.1, -0.05) is 6.08 Å². The highest BCUT2D eigenvalue weighted by Gasteiger charge is 2.19. The molecule has 6 nitrogen and oxygen atoms in total. The van der Waals surface area contributed by atoms with E-state index >= 15 is 0 Å². The quantitative estimate of drug-likeness (QED) is 0.391. The van der Waals surface area contributed by atoms with Crippen molar-refractivity contribution in [3.8, 4) is 11.5 Å². The number of aromatic hydroxyl groups is 1. The number of rotatable bonds is 5. The number of carbonyl (C=O) groups excluding carboxylic acids is 1. The maximum Gasteiger partial charge on any atom is 0.315 e. The highest BCUT2D eigenvalue weighted by molar-refractivity contribution is 6.07. The molecule has 0 bridgehead atoms. The standard InChI is InChI=1S/C16H11F2NO5/c1-24-15-7-9(6-13(16(15)21)19(22)23)2-5-14(20)11-4-3-10(17)8-12(11)18/h2-8,21H,1H3. The SMILES string of the molecule is COc1cc(C=CC(=O)c2ccc(F)cc2F)cc([N+](=O)[O-])c1O. The lowest BCUT2D eigenvalue weighted by Gasteiger charge is -2.05. The molecule has 0 fully saturated rings. The minimum absolute atomic E-state index is 0.149. The van der Waals surface area contributed by atoms with Crippen LogP contribution in [0, 0.1) is 21.7 Å². The number of benzene rings is 2. The summed E-state index contributed by atoms with van der Waals surface area (Å²) in [6, 6.07) is 4.82. The fraction of sp³-hybridized carbons (Fsp3) is 0.0625. The van der Waals surface area contributed by atoms with Crippen LogP contribution in [0.4, 0.5) is 14.5 Å².